The molecule has 1 unspecified atom stereocenters. The largest absolute Gasteiger partial charge is 0.494 e. The monoisotopic (exact) mass is 423 g/mol. The van der Waals surface area contributed by atoms with Gasteiger partial charge in [0.2, 0.25) is 5.91 Å². The molecule has 0 spiro atoms. The third-order valence-corrected chi connectivity index (χ3v) is 4.49. The van der Waals surface area contributed by atoms with Gasteiger partial charge in [0.1, 0.15) is 18.4 Å². The molecule has 0 radical (unpaired) electrons. The van der Waals surface area contributed by atoms with Crippen LogP contribution in [0.5, 0.6) is 5.75 Å². The second kappa shape index (κ2) is 11.3. The summed E-state index contributed by atoms with van der Waals surface area (Å²) in [5.41, 5.74) is 0.396. The Kier molecular flexibility index (Phi) is 8.81. The number of carbonyl (C=O) groups is 3. The summed E-state index contributed by atoms with van der Waals surface area (Å²) in [4.78, 5) is 38.3. The third kappa shape index (κ3) is 6.68. The summed E-state index contributed by atoms with van der Waals surface area (Å²) in [6, 6.07) is 5.77. The molecule has 29 heavy (non-hydrogen) atoms. The van der Waals surface area contributed by atoms with Crippen LogP contribution in [0, 0.1) is 0 Å². The van der Waals surface area contributed by atoms with Crippen molar-refractivity contribution in [2.24, 2.45) is 0 Å². The number of thiocarbonyl (C=S) groups is 1. The number of benzene rings is 1. The fraction of sp³-hybridized carbons (Fsp3) is 0.474. The van der Waals surface area contributed by atoms with Gasteiger partial charge in [0, 0.05) is 25.8 Å². The zero-order valence-corrected chi connectivity index (χ0v) is 17.3. The number of nitrogens with one attached hydrogen (secondary N) is 2. The molecule has 158 valence electrons. The number of nitrogens with zero attached hydrogens (tertiary/aromatic N) is 1. The Bertz CT molecular complexity index is 740. The molecular formula is C19H25N3O6S. The minimum Gasteiger partial charge on any atom is -0.494 e. The lowest BCUT2D eigenvalue weighted by Gasteiger charge is -2.36. The predicted molar refractivity (Wildman–Crippen MR) is 109 cm³/mol. The number of esters is 1. The molecule has 1 heterocycles. The molecule has 0 aliphatic carbocycles. The van der Waals surface area contributed by atoms with Gasteiger partial charge in [0.15, 0.2) is 5.11 Å². The lowest BCUT2D eigenvalue weighted by Crippen LogP contribution is -2.60. The lowest BCUT2D eigenvalue weighted by atomic mass is 10.1. The van der Waals surface area contributed by atoms with Crippen molar-refractivity contribution < 1.29 is 28.6 Å². The Balaban J connectivity index is 1.99. The lowest BCUT2D eigenvalue weighted by molar-refractivity contribution is -0.148. The van der Waals surface area contributed by atoms with Crippen LogP contribution in [0.15, 0.2) is 24.3 Å². The summed E-state index contributed by atoms with van der Waals surface area (Å²) in [6.07, 6.45) is -0.186. The van der Waals surface area contributed by atoms with Gasteiger partial charge in [-0.05, 0) is 43.4 Å². The van der Waals surface area contributed by atoms with Crippen molar-refractivity contribution in [3.05, 3.63) is 29.8 Å². The van der Waals surface area contributed by atoms with Crippen LogP contribution in [0.2, 0.25) is 0 Å². The molecule has 2 amide bonds. The standard InChI is InChI=1S/C19H25N3O6S/c1-3-27-14-6-4-13(5-7-14)17(24)21-19(29)22-9-8-20-18(25)15(22)12-16(23)28-11-10-26-2/h4-7,15H,3,8-12H2,1-2H3,(H,20,25)(H,21,24,29). The highest BCUT2D eigenvalue weighted by atomic mass is 32.1. The average Bonchev–Trinajstić information content (AvgIpc) is 2.70. The van der Waals surface area contributed by atoms with Gasteiger partial charge >= 0.3 is 5.97 Å². The van der Waals surface area contributed by atoms with Gasteiger partial charge in [-0.15, -0.1) is 0 Å². The van der Waals surface area contributed by atoms with Crippen LogP contribution in [0.3, 0.4) is 0 Å². The van der Waals surface area contributed by atoms with Gasteiger partial charge in [0.25, 0.3) is 5.91 Å². The third-order valence-electron chi connectivity index (χ3n) is 4.15. The first kappa shape index (κ1) is 22.6. The summed E-state index contributed by atoms with van der Waals surface area (Å²) in [6.45, 7) is 3.49. The van der Waals surface area contributed by atoms with Crippen molar-refractivity contribution in [1.82, 2.24) is 15.5 Å². The van der Waals surface area contributed by atoms with Gasteiger partial charge < -0.3 is 24.4 Å². The van der Waals surface area contributed by atoms with E-state index in [1.54, 1.807) is 24.3 Å². The first-order valence-electron chi connectivity index (χ1n) is 9.23. The van der Waals surface area contributed by atoms with E-state index in [1.165, 1.54) is 12.0 Å². The molecule has 1 aliphatic rings. The Hall–Kier alpha value is -2.72. The van der Waals surface area contributed by atoms with E-state index in [2.05, 4.69) is 10.6 Å². The van der Waals surface area contributed by atoms with Crippen LogP contribution in [-0.4, -0.2) is 73.9 Å². The van der Waals surface area contributed by atoms with E-state index in [0.717, 1.165) is 0 Å². The Morgan fingerprint density at radius 3 is 2.66 bits per heavy atom. The van der Waals surface area contributed by atoms with Gasteiger partial charge in [-0.2, -0.15) is 0 Å². The molecule has 1 aromatic rings. The number of piperazine rings is 1. The van der Waals surface area contributed by atoms with Crippen LogP contribution >= 0.6 is 12.2 Å². The zero-order chi connectivity index (χ0) is 21.2. The molecule has 1 aromatic carbocycles. The average molecular weight is 423 g/mol. The summed E-state index contributed by atoms with van der Waals surface area (Å²) < 4.78 is 15.2. The molecule has 1 aliphatic heterocycles. The molecular weight excluding hydrogens is 398 g/mol. The van der Waals surface area contributed by atoms with E-state index in [4.69, 9.17) is 26.4 Å². The van der Waals surface area contributed by atoms with Crippen LogP contribution in [0.4, 0.5) is 0 Å². The SMILES string of the molecule is CCOc1ccc(C(=O)NC(=S)N2CCNC(=O)C2CC(=O)OCCOC)cc1. The van der Waals surface area contributed by atoms with E-state index in [1.807, 2.05) is 6.92 Å². The molecule has 0 bridgehead atoms. The molecule has 2 rings (SSSR count). The fourth-order valence-electron chi connectivity index (χ4n) is 2.73. The highest BCUT2D eigenvalue weighted by Crippen LogP contribution is 2.14. The normalized spacial score (nSPS) is 16.0. The molecule has 0 saturated carbocycles. The number of carbonyl (C=O) groups excluding carboxylic acids is 3. The number of methoxy groups -OCH3 is 1. The van der Waals surface area contributed by atoms with Crippen molar-refractivity contribution in [3.63, 3.8) is 0 Å². The smallest absolute Gasteiger partial charge is 0.308 e. The van der Waals surface area contributed by atoms with Crippen molar-refractivity contribution >= 4 is 35.1 Å². The fourth-order valence-corrected chi connectivity index (χ4v) is 3.04. The van der Waals surface area contributed by atoms with Gasteiger partial charge in [0.05, 0.1) is 19.6 Å². The van der Waals surface area contributed by atoms with Crippen LogP contribution in [-0.2, 0) is 19.1 Å². The number of amides is 2. The van der Waals surface area contributed by atoms with Crippen LogP contribution in [0.25, 0.3) is 0 Å². The molecule has 10 heteroatoms. The van der Waals surface area contributed by atoms with Crippen molar-refractivity contribution in [2.45, 2.75) is 19.4 Å². The van der Waals surface area contributed by atoms with E-state index in [-0.39, 0.29) is 30.7 Å². The predicted octanol–water partition coefficient (Wildman–Crippen LogP) is 0.480. The molecule has 1 saturated heterocycles. The van der Waals surface area contributed by atoms with Gasteiger partial charge in [-0.3, -0.25) is 19.7 Å². The van der Waals surface area contributed by atoms with Crippen molar-refractivity contribution in [3.8, 4) is 5.75 Å². The number of rotatable bonds is 8. The van der Waals surface area contributed by atoms with Crippen LogP contribution < -0.4 is 15.4 Å². The number of ether oxygens (including phenoxy) is 3. The van der Waals surface area contributed by atoms with Crippen molar-refractivity contribution in [2.75, 3.05) is 40.0 Å². The Morgan fingerprint density at radius 2 is 2.00 bits per heavy atom. The highest BCUT2D eigenvalue weighted by Gasteiger charge is 2.34. The van der Waals surface area contributed by atoms with E-state index < -0.39 is 17.9 Å². The van der Waals surface area contributed by atoms with Crippen molar-refractivity contribution in [1.29, 1.82) is 0 Å². The van der Waals surface area contributed by atoms with Gasteiger partial charge in [-0.1, -0.05) is 0 Å². The number of hydrogen-bond acceptors (Lipinski definition) is 7. The summed E-state index contributed by atoms with van der Waals surface area (Å²) in [5, 5.41) is 5.39. The first-order valence-corrected chi connectivity index (χ1v) is 9.64. The maximum Gasteiger partial charge on any atom is 0.308 e. The minimum absolute atomic E-state index is 0.0772. The molecule has 2 N–H and O–H groups in total. The first-order chi connectivity index (χ1) is 14.0. The maximum atomic E-state index is 12.5. The zero-order valence-electron chi connectivity index (χ0n) is 16.4. The minimum atomic E-state index is -0.855. The van der Waals surface area contributed by atoms with Crippen LogP contribution in [0.1, 0.15) is 23.7 Å². The second-order valence-electron chi connectivity index (χ2n) is 6.13. The summed E-state index contributed by atoms with van der Waals surface area (Å²) in [5.74, 6) is -0.649. The maximum absolute atomic E-state index is 12.5. The summed E-state index contributed by atoms with van der Waals surface area (Å²) >= 11 is 5.32. The number of hydrogen-bond donors (Lipinski definition) is 2. The van der Waals surface area contributed by atoms with E-state index >= 15 is 0 Å². The highest BCUT2D eigenvalue weighted by molar-refractivity contribution is 7.80. The summed E-state index contributed by atoms with van der Waals surface area (Å²) in [7, 11) is 1.50. The molecule has 0 aromatic heterocycles. The topological polar surface area (TPSA) is 106 Å². The Labute approximate surface area is 174 Å². The van der Waals surface area contributed by atoms with Gasteiger partial charge in [-0.25, -0.2) is 0 Å². The van der Waals surface area contributed by atoms with E-state index in [0.29, 0.717) is 31.0 Å². The van der Waals surface area contributed by atoms with E-state index in [9.17, 15) is 14.4 Å². The quantitative estimate of drug-likeness (QED) is 0.353. The molecule has 9 nitrogen and oxygen atoms in total. The molecule has 1 atom stereocenters. The second-order valence-corrected chi connectivity index (χ2v) is 6.52. The Morgan fingerprint density at radius 1 is 1.28 bits per heavy atom. The molecule has 1 fully saturated rings.